The molecule has 0 N–H and O–H groups in total. The lowest BCUT2D eigenvalue weighted by atomic mass is 10.0. The van der Waals surface area contributed by atoms with Crippen LogP contribution in [0.1, 0.15) is 54.9 Å². The monoisotopic (exact) mass is 256 g/mol. The van der Waals surface area contributed by atoms with E-state index in [1.54, 1.807) is 0 Å². The van der Waals surface area contributed by atoms with Crippen molar-refractivity contribution in [3.8, 4) is 0 Å². The van der Waals surface area contributed by atoms with Gasteiger partial charge in [0.2, 0.25) is 0 Å². The van der Waals surface area contributed by atoms with Gasteiger partial charge in [0.25, 0.3) is 0 Å². The average molecular weight is 257 g/mol. The summed E-state index contributed by atoms with van der Waals surface area (Å²) in [7, 11) is 0. The van der Waals surface area contributed by atoms with Gasteiger partial charge in [0.1, 0.15) is 11.0 Å². The molecule has 0 radical (unpaired) electrons. The van der Waals surface area contributed by atoms with E-state index in [0.717, 1.165) is 17.1 Å². The van der Waals surface area contributed by atoms with Gasteiger partial charge in [0.05, 0.1) is 5.25 Å². The highest BCUT2D eigenvalue weighted by atomic mass is 35.5. The topological polar surface area (TPSA) is 25.8 Å². The van der Waals surface area contributed by atoms with Gasteiger partial charge >= 0.3 is 0 Å². The predicted molar refractivity (Wildman–Crippen MR) is 70.3 cm³/mol. The van der Waals surface area contributed by atoms with E-state index in [9.17, 15) is 0 Å². The number of hydrogen-bond donors (Lipinski definition) is 0. The fraction of sp³-hybridized carbons (Fsp3) is 0.667. The Bertz CT molecular complexity index is 364. The molecular formula is C12H17ClN2S. The van der Waals surface area contributed by atoms with Crippen molar-refractivity contribution in [2.75, 3.05) is 5.75 Å². The van der Waals surface area contributed by atoms with Gasteiger partial charge in [-0.2, -0.15) is 11.8 Å². The number of aromatic nitrogens is 2. The molecule has 2 nitrogen and oxygen atoms in total. The number of aryl methyl sites for hydroxylation is 1. The zero-order valence-electron chi connectivity index (χ0n) is 9.96. The number of thioether (sulfide) groups is 1. The van der Waals surface area contributed by atoms with Crippen LogP contribution < -0.4 is 0 Å². The lowest BCUT2D eigenvalue weighted by Crippen LogP contribution is -2.06. The normalized spacial score (nSPS) is 20.7. The molecule has 2 heterocycles. The van der Waals surface area contributed by atoms with Crippen molar-refractivity contribution >= 4 is 23.4 Å². The molecule has 0 spiro atoms. The van der Waals surface area contributed by atoms with Crippen LogP contribution in [0.5, 0.6) is 0 Å². The maximum absolute atomic E-state index is 6.25. The van der Waals surface area contributed by atoms with E-state index in [0.29, 0.717) is 16.3 Å². The van der Waals surface area contributed by atoms with Gasteiger partial charge in [0.15, 0.2) is 0 Å². The standard InChI is InChI=1S/C12H17ClN2S/c1-7(2)10-8(3)14-12(15-11(10)13)9-5-4-6-16-9/h7,9H,4-6H2,1-3H3. The van der Waals surface area contributed by atoms with E-state index in [-0.39, 0.29) is 0 Å². The highest BCUT2D eigenvalue weighted by molar-refractivity contribution is 7.99. The maximum atomic E-state index is 6.25. The summed E-state index contributed by atoms with van der Waals surface area (Å²) in [5.41, 5.74) is 2.13. The third kappa shape index (κ3) is 2.35. The first-order chi connectivity index (χ1) is 7.59. The van der Waals surface area contributed by atoms with E-state index in [1.165, 1.54) is 18.6 Å². The maximum Gasteiger partial charge on any atom is 0.143 e. The summed E-state index contributed by atoms with van der Waals surface area (Å²) >= 11 is 8.19. The van der Waals surface area contributed by atoms with Gasteiger partial charge in [0, 0.05) is 11.3 Å². The molecule has 4 heteroatoms. The zero-order valence-corrected chi connectivity index (χ0v) is 11.5. The summed E-state index contributed by atoms with van der Waals surface area (Å²) in [5, 5.41) is 1.10. The molecule has 0 aromatic carbocycles. The third-order valence-electron chi connectivity index (χ3n) is 2.90. The van der Waals surface area contributed by atoms with E-state index in [4.69, 9.17) is 11.6 Å². The molecule has 0 saturated carbocycles. The Morgan fingerprint density at radius 1 is 1.38 bits per heavy atom. The minimum Gasteiger partial charge on any atom is -0.237 e. The van der Waals surface area contributed by atoms with Crippen LogP contribution in [0.2, 0.25) is 5.15 Å². The van der Waals surface area contributed by atoms with Crippen LogP contribution in [-0.4, -0.2) is 15.7 Å². The molecule has 16 heavy (non-hydrogen) atoms. The number of halogens is 1. The largest absolute Gasteiger partial charge is 0.237 e. The average Bonchev–Trinajstić information content (AvgIpc) is 2.67. The molecule has 88 valence electrons. The molecule has 1 aromatic rings. The van der Waals surface area contributed by atoms with Crippen molar-refractivity contribution in [2.24, 2.45) is 0 Å². The summed E-state index contributed by atoms with van der Waals surface area (Å²) in [6.07, 6.45) is 2.45. The molecule has 1 unspecified atom stereocenters. The van der Waals surface area contributed by atoms with Gasteiger partial charge in [-0.1, -0.05) is 25.4 Å². The summed E-state index contributed by atoms with van der Waals surface area (Å²) < 4.78 is 0. The quantitative estimate of drug-likeness (QED) is 0.744. The van der Waals surface area contributed by atoms with Crippen molar-refractivity contribution in [1.29, 1.82) is 0 Å². The summed E-state index contributed by atoms with van der Waals surface area (Å²) in [6, 6.07) is 0. The van der Waals surface area contributed by atoms with Crippen molar-refractivity contribution in [2.45, 2.75) is 44.8 Å². The molecule has 2 rings (SSSR count). The lowest BCUT2D eigenvalue weighted by Gasteiger charge is -2.14. The smallest absolute Gasteiger partial charge is 0.143 e. The van der Waals surface area contributed by atoms with Crippen LogP contribution in [0, 0.1) is 6.92 Å². The SMILES string of the molecule is Cc1nc(C2CCCS2)nc(Cl)c1C(C)C. The van der Waals surface area contributed by atoms with Crippen LogP contribution in [-0.2, 0) is 0 Å². The molecule has 0 aliphatic carbocycles. The Morgan fingerprint density at radius 3 is 2.62 bits per heavy atom. The van der Waals surface area contributed by atoms with E-state index in [1.807, 2.05) is 18.7 Å². The molecule has 1 saturated heterocycles. The van der Waals surface area contributed by atoms with Gasteiger partial charge in [-0.15, -0.1) is 0 Å². The molecular weight excluding hydrogens is 240 g/mol. The molecule has 1 atom stereocenters. The number of rotatable bonds is 2. The van der Waals surface area contributed by atoms with Crippen molar-refractivity contribution in [3.05, 3.63) is 22.2 Å². The third-order valence-corrected chi connectivity index (χ3v) is 4.56. The van der Waals surface area contributed by atoms with Crippen molar-refractivity contribution in [1.82, 2.24) is 9.97 Å². The fourth-order valence-corrected chi connectivity index (χ4v) is 3.80. The Labute approximate surface area is 106 Å². The Balaban J connectivity index is 2.36. The predicted octanol–water partition coefficient (Wildman–Crippen LogP) is 4.13. The second-order valence-corrected chi connectivity index (χ2v) is 6.20. The van der Waals surface area contributed by atoms with Gasteiger partial charge in [-0.25, -0.2) is 9.97 Å². The minimum atomic E-state index is 0.387. The molecule has 1 fully saturated rings. The molecule has 0 bridgehead atoms. The number of nitrogens with zero attached hydrogens (tertiary/aromatic N) is 2. The van der Waals surface area contributed by atoms with E-state index < -0.39 is 0 Å². The highest BCUT2D eigenvalue weighted by Crippen LogP contribution is 2.39. The molecule has 1 aromatic heterocycles. The first-order valence-corrected chi connectivity index (χ1v) is 7.17. The Morgan fingerprint density at radius 2 is 2.12 bits per heavy atom. The zero-order chi connectivity index (χ0) is 11.7. The molecule has 1 aliphatic rings. The molecule has 1 aliphatic heterocycles. The molecule has 0 amide bonds. The fourth-order valence-electron chi connectivity index (χ4n) is 2.15. The van der Waals surface area contributed by atoms with E-state index >= 15 is 0 Å². The summed E-state index contributed by atoms with van der Waals surface area (Å²) in [4.78, 5) is 9.09. The second-order valence-electron chi connectivity index (χ2n) is 4.53. The van der Waals surface area contributed by atoms with Crippen LogP contribution in [0.25, 0.3) is 0 Å². The van der Waals surface area contributed by atoms with Crippen molar-refractivity contribution in [3.63, 3.8) is 0 Å². The highest BCUT2D eigenvalue weighted by Gasteiger charge is 2.22. The Hall–Kier alpha value is -0.280. The van der Waals surface area contributed by atoms with Crippen LogP contribution >= 0.6 is 23.4 Å². The van der Waals surface area contributed by atoms with Crippen molar-refractivity contribution < 1.29 is 0 Å². The lowest BCUT2D eigenvalue weighted by molar-refractivity contribution is 0.751. The first-order valence-electron chi connectivity index (χ1n) is 5.75. The Kier molecular flexibility index (Phi) is 3.75. The van der Waals surface area contributed by atoms with Crippen LogP contribution in [0.15, 0.2) is 0 Å². The van der Waals surface area contributed by atoms with Crippen LogP contribution in [0.3, 0.4) is 0 Å². The summed E-state index contributed by atoms with van der Waals surface area (Å²) in [5.74, 6) is 2.53. The van der Waals surface area contributed by atoms with Crippen LogP contribution in [0.4, 0.5) is 0 Å². The summed E-state index contributed by atoms with van der Waals surface area (Å²) in [6.45, 7) is 6.29. The van der Waals surface area contributed by atoms with Gasteiger partial charge < -0.3 is 0 Å². The number of hydrogen-bond acceptors (Lipinski definition) is 3. The van der Waals surface area contributed by atoms with E-state index in [2.05, 4.69) is 23.8 Å². The second kappa shape index (κ2) is 4.92. The van der Waals surface area contributed by atoms with Gasteiger partial charge in [-0.05, 0) is 31.4 Å². The first kappa shape index (κ1) is 12.2. The van der Waals surface area contributed by atoms with Gasteiger partial charge in [-0.3, -0.25) is 0 Å². The minimum absolute atomic E-state index is 0.387.